The molecule has 5 heterocycles. The van der Waals surface area contributed by atoms with E-state index in [-0.39, 0.29) is 59.2 Å². The van der Waals surface area contributed by atoms with Crippen molar-refractivity contribution in [3.05, 3.63) is 82.7 Å². The number of carbonyl (C=O) groups excluding carboxylic acids is 4. The van der Waals surface area contributed by atoms with Crippen LogP contribution in [0.5, 0.6) is 5.75 Å². The predicted molar refractivity (Wildman–Crippen MR) is 240 cm³/mol. The third kappa shape index (κ3) is 11.9. The summed E-state index contributed by atoms with van der Waals surface area (Å²) in [5.41, 5.74) is 13.8. The average Bonchev–Trinajstić information content (AvgIpc) is 3.72. The Morgan fingerprint density at radius 3 is 2.62 bits per heavy atom. The van der Waals surface area contributed by atoms with Gasteiger partial charge >= 0.3 is 6.09 Å². The number of amides is 4. The van der Waals surface area contributed by atoms with E-state index in [9.17, 15) is 28.8 Å². The van der Waals surface area contributed by atoms with E-state index in [1.807, 2.05) is 12.1 Å². The molecule has 346 valence electrons. The number of halogens is 1. The van der Waals surface area contributed by atoms with Crippen LogP contribution in [0, 0.1) is 22.6 Å². The van der Waals surface area contributed by atoms with Gasteiger partial charge in [-0.05, 0) is 101 Å². The molecule has 3 atom stereocenters. The van der Waals surface area contributed by atoms with E-state index in [0.717, 1.165) is 5.56 Å². The number of hydrogen-bond donors (Lipinski definition) is 5. The third-order valence-electron chi connectivity index (χ3n) is 11.5. The Kier molecular flexibility index (Phi) is 14.6. The first-order valence-corrected chi connectivity index (χ1v) is 21.7. The SMILES string of the molecule is C[C@H]1Oc2cc(cnc2N)-c2c(C#N)nn(CC(=O)NCCCN3C[C@H](NC(=O)[C@H](CCCc4cccnc4N)NC(=O)OC(C)(C)C)C(C)(C)C3)c2CN(C)C(=O)c2ccc(F)cc21. The van der Waals surface area contributed by atoms with E-state index < -0.39 is 35.6 Å². The standard InChI is InChI=1S/C46H59FN12O6/c1-27-32-20-30(47)14-15-31(32)43(62)57(7)23-35-39(29-19-36(64-27)41(50)53-22-29)34(21-48)56-59(35)25-38(60)51-17-10-18-58-24-37(46(5,6)26-58)55-42(61)33(54-44(63)65-45(2,3)4)13-8-11-28-12-9-16-52-40(28)49/h9,12,14-16,19-20,22,27,33,37H,8,10-11,13,17-18,23-26H2,1-7H3,(H2,49,52)(H2,50,53)(H,51,60)(H,54,63)(H,55,61)/t27-,33+,37+/m1/s1. The number of nitrogens with zero attached hydrogens (tertiary/aromatic N) is 7. The molecular weight excluding hydrogens is 836 g/mol. The van der Waals surface area contributed by atoms with Gasteiger partial charge in [-0.15, -0.1) is 0 Å². The summed E-state index contributed by atoms with van der Waals surface area (Å²) in [5.74, 6) is -0.993. The van der Waals surface area contributed by atoms with E-state index >= 15 is 0 Å². The van der Waals surface area contributed by atoms with Crippen molar-refractivity contribution in [3.63, 3.8) is 0 Å². The Labute approximate surface area is 378 Å². The van der Waals surface area contributed by atoms with Crippen LogP contribution < -0.4 is 32.2 Å². The number of nitriles is 1. The van der Waals surface area contributed by atoms with Crippen molar-refractivity contribution in [1.29, 1.82) is 5.26 Å². The minimum Gasteiger partial charge on any atom is -0.482 e. The lowest BCUT2D eigenvalue weighted by atomic mass is 9.87. The minimum absolute atomic E-state index is 0.0129. The summed E-state index contributed by atoms with van der Waals surface area (Å²) in [6, 6.07) is 10.2. The molecule has 2 aliphatic rings. The van der Waals surface area contributed by atoms with Crippen LogP contribution in [0.2, 0.25) is 0 Å². The minimum atomic E-state index is -0.841. The van der Waals surface area contributed by atoms with Crippen molar-refractivity contribution < 1.29 is 33.0 Å². The molecule has 65 heavy (non-hydrogen) atoms. The number of pyridine rings is 2. The maximum Gasteiger partial charge on any atom is 0.408 e. The Morgan fingerprint density at radius 1 is 1.12 bits per heavy atom. The number of nitrogens with two attached hydrogens (primary N) is 2. The largest absolute Gasteiger partial charge is 0.482 e. The van der Waals surface area contributed by atoms with Gasteiger partial charge in [0.05, 0.1) is 12.2 Å². The van der Waals surface area contributed by atoms with Gasteiger partial charge in [-0.2, -0.15) is 10.4 Å². The highest BCUT2D eigenvalue weighted by Gasteiger charge is 2.41. The first-order chi connectivity index (χ1) is 30.7. The maximum atomic E-state index is 14.5. The fourth-order valence-electron chi connectivity index (χ4n) is 8.22. The molecule has 1 aromatic carbocycles. The maximum absolute atomic E-state index is 14.5. The number of rotatable bonds is 13. The van der Waals surface area contributed by atoms with Crippen molar-refractivity contribution in [2.45, 2.75) is 104 Å². The Hall–Kier alpha value is -6.81. The number of nitrogen functional groups attached to an aromatic ring is 2. The lowest BCUT2D eigenvalue weighted by Gasteiger charge is -2.29. The third-order valence-corrected chi connectivity index (χ3v) is 11.5. The molecule has 0 unspecified atom stereocenters. The van der Waals surface area contributed by atoms with E-state index in [1.54, 1.807) is 47.0 Å². The van der Waals surface area contributed by atoms with Crippen molar-refractivity contribution in [3.8, 4) is 22.9 Å². The number of aromatic nitrogens is 4. The predicted octanol–water partition coefficient (Wildman–Crippen LogP) is 4.49. The molecule has 0 radical (unpaired) electrons. The summed E-state index contributed by atoms with van der Waals surface area (Å²) in [6.07, 6.45) is 3.73. The zero-order valence-electron chi connectivity index (χ0n) is 38.0. The second-order valence-corrected chi connectivity index (χ2v) is 18.3. The monoisotopic (exact) mass is 894 g/mol. The number of hydrogen-bond acceptors (Lipinski definition) is 13. The van der Waals surface area contributed by atoms with Gasteiger partial charge in [-0.1, -0.05) is 19.9 Å². The number of carbonyl (C=O) groups is 4. The highest BCUT2D eigenvalue weighted by molar-refractivity contribution is 5.96. The zero-order chi connectivity index (χ0) is 47.2. The quantitative estimate of drug-likeness (QED) is 0.116. The van der Waals surface area contributed by atoms with Crippen LogP contribution in [0.4, 0.5) is 20.8 Å². The lowest BCUT2D eigenvalue weighted by molar-refractivity contribution is -0.124. The van der Waals surface area contributed by atoms with Crippen molar-refractivity contribution in [2.75, 3.05) is 44.7 Å². The number of fused-ring (bicyclic) bond motifs is 5. The van der Waals surface area contributed by atoms with Crippen molar-refractivity contribution in [1.82, 2.24) is 45.5 Å². The van der Waals surface area contributed by atoms with Crippen molar-refractivity contribution >= 4 is 35.5 Å². The fraction of sp³-hybridized carbons (Fsp3) is 0.478. The molecule has 0 saturated carbocycles. The molecule has 1 saturated heterocycles. The molecule has 7 N–H and O–H groups in total. The fourth-order valence-corrected chi connectivity index (χ4v) is 8.22. The van der Waals surface area contributed by atoms with Gasteiger partial charge < -0.3 is 46.7 Å². The van der Waals surface area contributed by atoms with E-state index in [1.165, 1.54) is 34.0 Å². The molecule has 2 aliphatic heterocycles. The number of nitrogens with one attached hydrogen (secondary N) is 3. The van der Waals surface area contributed by atoms with Crippen LogP contribution in [-0.4, -0.2) is 104 Å². The number of benzene rings is 1. The average molecular weight is 895 g/mol. The highest BCUT2D eigenvalue weighted by Crippen LogP contribution is 2.36. The smallest absolute Gasteiger partial charge is 0.408 e. The van der Waals surface area contributed by atoms with Gasteiger partial charge in [0.25, 0.3) is 5.91 Å². The molecular formula is C46H59FN12O6. The normalized spacial score (nSPS) is 17.6. The van der Waals surface area contributed by atoms with Gasteiger partial charge in [0.2, 0.25) is 11.8 Å². The molecule has 4 amide bonds. The van der Waals surface area contributed by atoms with E-state index in [2.05, 4.69) is 55.8 Å². The van der Waals surface area contributed by atoms with Crippen molar-refractivity contribution in [2.24, 2.45) is 5.41 Å². The molecule has 0 spiro atoms. The topological polar surface area (TPSA) is 249 Å². The van der Waals surface area contributed by atoms with Gasteiger partial charge in [0, 0.05) is 67.4 Å². The van der Waals surface area contributed by atoms with Crippen LogP contribution in [0.1, 0.15) is 99.8 Å². The van der Waals surface area contributed by atoms with Crippen LogP contribution in [0.3, 0.4) is 0 Å². The molecule has 6 rings (SSSR count). The first-order valence-electron chi connectivity index (χ1n) is 21.7. The molecule has 3 aromatic heterocycles. The zero-order valence-corrected chi connectivity index (χ0v) is 38.0. The van der Waals surface area contributed by atoms with Crippen LogP contribution in [-0.2, 0) is 33.8 Å². The Bertz CT molecular complexity index is 2460. The van der Waals surface area contributed by atoms with Crippen LogP contribution in [0.25, 0.3) is 11.1 Å². The second kappa shape index (κ2) is 19.9. The summed E-state index contributed by atoms with van der Waals surface area (Å²) in [6.45, 7) is 13.0. The van der Waals surface area contributed by atoms with Gasteiger partial charge in [0.1, 0.15) is 42.0 Å². The van der Waals surface area contributed by atoms with E-state index in [0.29, 0.717) is 80.1 Å². The number of likely N-dealkylation sites (tertiary alicyclic amines) is 1. The molecule has 18 nitrogen and oxygen atoms in total. The first kappa shape index (κ1) is 47.7. The lowest BCUT2D eigenvalue weighted by Crippen LogP contribution is -2.53. The summed E-state index contributed by atoms with van der Waals surface area (Å²) in [5, 5.41) is 23.6. The number of alkyl carbamates (subject to hydrolysis) is 1. The summed E-state index contributed by atoms with van der Waals surface area (Å²) in [4.78, 5) is 66.1. The van der Waals surface area contributed by atoms with E-state index in [4.69, 9.17) is 20.9 Å². The van der Waals surface area contributed by atoms with Gasteiger partial charge in [-0.3, -0.25) is 19.1 Å². The molecule has 2 bridgehead atoms. The van der Waals surface area contributed by atoms with Gasteiger partial charge in [0.15, 0.2) is 17.3 Å². The van der Waals surface area contributed by atoms with Gasteiger partial charge in [-0.25, -0.2) is 19.2 Å². The second-order valence-electron chi connectivity index (χ2n) is 18.3. The Morgan fingerprint density at radius 2 is 1.89 bits per heavy atom. The summed E-state index contributed by atoms with van der Waals surface area (Å²) in [7, 11) is 1.57. The summed E-state index contributed by atoms with van der Waals surface area (Å²) < 4.78 is 27.5. The van der Waals surface area contributed by atoms with Crippen LogP contribution in [0.15, 0.2) is 48.8 Å². The molecule has 0 aliphatic carbocycles. The number of aryl methyl sites for hydroxylation is 1. The molecule has 19 heteroatoms. The van der Waals surface area contributed by atoms with Crippen LogP contribution >= 0.6 is 0 Å². The highest BCUT2D eigenvalue weighted by atomic mass is 19.1. The summed E-state index contributed by atoms with van der Waals surface area (Å²) >= 11 is 0. The number of ether oxygens (including phenoxy) is 2. The molecule has 1 fully saturated rings. The molecule has 4 aromatic rings. The Balaban J connectivity index is 1.09. The number of anilines is 2.